The molecule has 3 rings (SSSR count). The van der Waals surface area contributed by atoms with E-state index in [0.717, 1.165) is 22.7 Å². The predicted molar refractivity (Wildman–Crippen MR) is 90.5 cm³/mol. The van der Waals surface area contributed by atoms with Gasteiger partial charge >= 0.3 is 6.03 Å². The second kappa shape index (κ2) is 6.68. The normalized spacial score (nSPS) is 18.4. The van der Waals surface area contributed by atoms with Crippen molar-refractivity contribution in [3.63, 3.8) is 0 Å². The number of aromatic nitrogens is 1. The van der Waals surface area contributed by atoms with Crippen molar-refractivity contribution in [2.75, 3.05) is 13.2 Å². The second-order valence-electron chi connectivity index (χ2n) is 5.84. The number of nitrogens with zero attached hydrogens (tertiary/aromatic N) is 2. The van der Waals surface area contributed by atoms with Crippen LogP contribution in [-0.2, 0) is 6.42 Å². The topological polar surface area (TPSA) is 65.5 Å². The van der Waals surface area contributed by atoms with E-state index in [9.17, 15) is 9.90 Å². The van der Waals surface area contributed by atoms with Crippen molar-refractivity contribution in [1.82, 2.24) is 15.2 Å². The smallest absolute Gasteiger partial charge is 0.318 e. The number of nitrogens with one attached hydrogen (secondary N) is 1. The van der Waals surface area contributed by atoms with Crippen LogP contribution in [0.15, 0.2) is 29.6 Å². The molecule has 1 aromatic carbocycles. The van der Waals surface area contributed by atoms with Crippen molar-refractivity contribution in [2.45, 2.75) is 32.4 Å². The number of rotatable bonds is 3. The SMILES string of the molecule is Cc1csc(C(C)NC(=O)N2CCc3ccccc3C2CO)n1. The Kier molecular flexibility index (Phi) is 4.63. The van der Waals surface area contributed by atoms with Crippen LogP contribution in [-0.4, -0.2) is 34.2 Å². The van der Waals surface area contributed by atoms with Crippen LogP contribution in [0.5, 0.6) is 0 Å². The third-order valence-corrected chi connectivity index (χ3v) is 5.34. The Morgan fingerprint density at radius 2 is 2.30 bits per heavy atom. The Labute approximate surface area is 140 Å². The van der Waals surface area contributed by atoms with Crippen LogP contribution in [0.1, 0.15) is 40.8 Å². The molecular weight excluding hydrogens is 310 g/mol. The zero-order chi connectivity index (χ0) is 16.4. The average Bonchev–Trinajstić information content (AvgIpc) is 3.00. The molecule has 1 aliphatic rings. The summed E-state index contributed by atoms with van der Waals surface area (Å²) in [6, 6.07) is 7.42. The molecule has 1 aliphatic heterocycles. The van der Waals surface area contributed by atoms with E-state index >= 15 is 0 Å². The predicted octanol–water partition coefficient (Wildman–Crippen LogP) is 2.81. The van der Waals surface area contributed by atoms with Crippen LogP contribution in [0.4, 0.5) is 4.79 Å². The molecule has 0 spiro atoms. The fourth-order valence-corrected chi connectivity index (χ4v) is 3.80. The Morgan fingerprint density at radius 1 is 1.52 bits per heavy atom. The maximum atomic E-state index is 12.6. The van der Waals surface area contributed by atoms with Crippen molar-refractivity contribution in [3.05, 3.63) is 51.5 Å². The van der Waals surface area contributed by atoms with E-state index in [2.05, 4.69) is 16.4 Å². The number of hydrogen-bond acceptors (Lipinski definition) is 4. The molecule has 2 unspecified atom stereocenters. The van der Waals surface area contributed by atoms with E-state index in [1.165, 1.54) is 5.56 Å². The number of amides is 2. The third-order valence-electron chi connectivity index (χ3n) is 4.19. The molecule has 2 N–H and O–H groups in total. The van der Waals surface area contributed by atoms with Gasteiger partial charge in [0.1, 0.15) is 5.01 Å². The van der Waals surface area contributed by atoms with Crippen LogP contribution in [0, 0.1) is 6.92 Å². The minimum absolute atomic E-state index is 0.0742. The molecule has 23 heavy (non-hydrogen) atoms. The number of aliphatic hydroxyl groups is 1. The van der Waals surface area contributed by atoms with Gasteiger partial charge in [-0.3, -0.25) is 0 Å². The molecule has 6 heteroatoms. The van der Waals surface area contributed by atoms with Gasteiger partial charge < -0.3 is 15.3 Å². The van der Waals surface area contributed by atoms with Crippen molar-refractivity contribution >= 4 is 17.4 Å². The summed E-state index contributed by atoms with van der Waals surface area (Å²) in [5, 5.41) is 15.7. The quantitative estimate of drug-likeness (QED) is 0.909. The summed E-state index contributed by atoms with van der Waals surface area (Å²) in [6.07, 6.45) is 0.810. The average molecular weight is 331 g/mol. The first-order chi connectivity index (χ1) is 11.1. The molecule has 122 valence electrons. The zero-order valence-corrected chi connectivity index (χ0v) is 14.1. The van der Waals surface area contributed by atoms with Crippen molar-refractivity contribution in [3.8, 4) is 0 Å². The van der Waals surface area contributed by atoms with E-state index < -0.39 is 0 Å². The molecule has 2 aromatic rings. The standard InChI is InChI=1S/C17H21N3O2S/c1-11-10-23-16(18-11)12(2)19-17(22)20-8-7-13-5-3-4-6-14(13)15(20)9-21/h3-6,10,12,15,21H,7-9H2,1-2H3,(H,19,22). The summed E-state index contributed by atoms with van der Waals surface area (Å²) in [6.45, 7) is 4.41. The van der Waals surface area contributed by atoms with Crippen LogP contribution in [0.3, 0.4) is 0 Å². The zero-order valence-electron chi connectivity index (χ0n) is 13.3. The van der Waals surface area contributed by atoms with Crippen molar-refractivity contribution < 1.29 is 9.90 Å². The summed E-state index contributed by atoms with van der Waals surface area (Å²) >= 11 is 1.55. The summed E-state index contributed by atoms with van der Waals surface area (Å²) in [7, 11) is 0. The molecule has 2 atom stereocenters. The Bertz CT molecular complexity index is 701. The third kappa shape index (κ3) is 3.23. The number of hydrogen-bond donors (Lipinski definition) is 2. The summed E-state index contributed by atoms with van der Waals surface area (Å²) < 4.78 is 0. The van der Waals surface area contributed by atoms with Gasteiger partial charge in [0, 0.05) is 17.6 Å². The second-order valence-corrected chi connectivity index (χ2v) is 6.73. The minimum atomic E-state index is -0.287. The van der Waals surface area contributed by atoms with Gasteiger partial charge in [-0.25, -0.2) is 9.78 Å². The molecule has 5 nitrogen and oxygen atoms in total. The number of urea groups is 1. The number of aliphatic hydroxyl groups excluding tert-OH is 1. The van der Waals surface area contributed by atoms with Crippen LogP contribution >= 0.6 is 11.3 Å². The molecule has 2 heterocycles. The molecule has 1 aromatic heterocycles. The monoisotopic (exact) mass is 331 g/mol. The Morgan fingerprint density at radius 3 is 3.00 bits per heavy atom. The molecule has 0 aliphatic carbocycles. The van der Waals surface area contributed by atoms with Gasteiger partial charge in [0.15, 0.2) is 0 Å². The summed E-state index contributed by atoms with van der Waals surface area (Å²) in [5.41, 5.74) is 3.21. The first-order valence-corrected chi connectivity index (χ1v) is 8.66. The van der Waals surface area contributed by atoms with Gasteiger partial charge in [0.25, 0.3) is 0 Å². The van der Waals surface area contributed by atoms with E-state index in [1.807, 2.05) is 37.4 Å². The number of fused-ring (bicyclic) bond motifs is 1. The van der Waals surface area contributed by atoms with Crippen LogP contribution < -0.4 is 5.32 Å². The van der Waals surface area contributed by atoms with E-state index in [-0.39, 0.29) is 24.7 Å². The van der Waals surface area contributed by atoms with Gasteiger partial charge in [0.05, 0.1) is 18.7 Å². The van der Waals surface area contributed by atoms with E-state index in [1.54, 1.807) is 16.2 Å². The molecule has 0 fully saturated rings. The molecule has 0 saturated heterocycles. The fourth-order valence-electron chi connectivity index (χ4n) is 2.99. The van der Waals surface area contributed by atoms with Crippen LogP contribution in [0.2, 0.25) is 0 Å². The van der Waals surface area contributed by atoms with Gasteiger partial charge in [-0.1, -0.05) is 24.3 Å². The summed E-state index contributed by atoms with van der Waals surface area (Å²) in [4.78, 5) is 18.8. The van der Waals surface area contributed by atoms with Gasteiger partial charge in [-0.05, 0) is 31.4 Å². The highest BCUT2D eigenvalue weighted by atomic mass is 32.1. The molecule has 0 bridgehead atoms. The number of benzene rings is 1. The lowest BCUT2D eigenvalue weighted by Gasteiger charge is -2.36. The lowest BCUT2D eigenvalue weighted by atomic mass is 9.93. The number of thiazole rings is 1. The Balaban J connectivity index is 1.74. The summed E-state index contributed by atoms with van der Waals surface area (Å²) in [5.74, 6) is 0. The highest BCUT2D eigenvalue weighted by Crippen LogP contribution is 2.29. The lowest BCUT2D eigenvalue weighted by Crippen LogP contribution is -2.47. The molecule has 2 amide bonds. The first kappa shape index (κ1) is 16.0. The largest absolute Gasteiger partial charge is 0.394 e. The van der Waals surface area contributed by atoms with Gasteiger partial charge in [-0.2, -0.15) is 0 Å². The lowest BCUT2D eigenvalue weighted by molar-refractivity contribution is 0.125. The molecule has 0 saturated carbocycles. The molecule has 0 radical (unpaired) electrons. The van der Waals surface area contributed by atoms with Gasteiger partial charge in [-0.15, -0.1) is 11.3 Å². The van der Waals surface area contributed by atoms with Crippen molar-refractivity contribution in [1.29, 1.82) is 0 Å². The number of carbonyl (C=O) groups is 1. The molecular formula is C17H21N3O2S. The highest BCUT2D eigenvalue weighted by Gasteiger charge is 2.30. The number of aryl methyl sites for hydroxylation is 1. The highest BCUT2D eigenvalue weighted by molar-refractivity contribution is 7.09. The fraction of sp³-hybridized carbons (Fsp3) is 0.412. The minimum Gasteiger partial charge on any atom is -0.394 e. The Hall–Kier alpha value is -1.92. The maximum absolute atomic E-state index is 12.6. The first-order valence-electron chi connectivity index (χ1n) is 7.78. The van der Waals surface area contributed by atoms with Crippen molar-refractivity contribution in [2.24, 2.45) is 0 Å². The van der Waals surface area contributed by atoms with Crippen LogP contribution in [0.25, 0.3) is 0 Å². The maximum Gasteiger partial charge on any atom is 0.318 e. The van der Waals surface area contributed by atoms with E-state index in [0.29, 0.717) is 6.54 Å². The van der Waals surface area contributed by atoms with Gasteiger partial charge in [0.2, 0.25) is 0 Å². The van der Waals surface area contributed by atoms with E-state index in [4.69, 9.17) is 0 Å². The number of carbonyl (C=O) groups excluding carboxylic acids is 1.